The molecule has 1 N–H and O–H groups in total. The van der Waals surface area contributed by atoms with Crippen LogP contribution in [-0.4, -0.2) is 17.5 Å². The second-order valence-electron chi connectivity index (χ2n) is 3.05. The van der Waals surface area contributed by atoms with Crippen LogP contribution in [0, 0.1) is 0 Å². The van der Waals surface area contributed by atoms with Crippen molar-refractivity contribution >= 4 is 27.5 Å². The van der Waals surface area contributed by atoms with Crippen molar-refractivity contribution in [3.63, 3.8) is 0 Å². The molecule has 0 aromatic carbocycles. The second kappa shape index (κ2) is 3.46. The molecule has 2 heterocycles. The van der Waals surface area contributed by atoms with Gasteiger partial charge in [-0.2, -0.15) is 0 Å². The lowest BCUT2D eigenvalue weighted by Gasteiger charge is -1.96. The fourth-order valence-corrected chi connectivity index (χ4v) is 2.52. The minimum Gasteiger partial charge on any atom is -0.355 e. The molecule has 2 aromatic heterocycles. The molecule has 0 saturated carbocycles. The Morgan fingerprint density at radius 3 is 3.07 bits per heavy atom. The van der Waals surface area contributed by atoms with Gasteiger partial charge in [0.25, 0.3) is 5.91 Å². The van der Waals surface area contributed by atoms with E-state index in [1.54, 1.807) is 18.4 Å². The highest BCUT2D eigenvalue weighted by molar-refractivity contribution is 7.16. The smallest absolute Gasteiger partial charge is 0.253 e. The molecule has 0 fully saturated rings. The summed E-state index contributed by atoms with van der Waals surface area (Å²) in [5.74, 6) is -0.0133. The first-order valence-corrected chi connectivity index (χ1v) is 5.44. The fourth-order valence-electron chi connectivity index (χ4n) is 1.56. The topological polar surface area (TPSA) is 34.0 Å². The Kier molecular flexibility index (Phi) is 2.29. The van der Waals surface area contributed by atoms with E-state index in [2.05, 4.69) is 16.8 Å². The van der Waals surface area contributed by atoms with Crippen LogP contribution in [0.15, 0.2) is 17.6 Å². The van der Waals surface area contributed by atoms with Gasteiger partial charge in [-0.05, 0) is 18.4 Å². The highest BCUT2D eigenvalue weighted by atomic mass is 32.1. The van der Waals surface area contributed by atoms with E-state index < -0.39 is 0 Å². The summed E-state index contributed by atoms with van der Waals surface area (Å²) >= 11 is 1.67. The minimum absolute atomic E-state index is 0.0133. The number of aromatic nitrogens is 1. The van der Waals surface area contributed by atoms with Crippen molar-refractivity contribution in [2.24, 2.45) is 0 Å². The Morgan fingerprint density at radius 2 is 2.43 bits per heavy atom. The molecule has 0 aliphatic carbocycles. The van der Waals surface area contributed by atoms with Gasteiger partial charge < -0.3 is 9.88 Å². The van der Waals surface area contributed by atoms with Gasteiger partial charge in [0.1, 0.15) is 4.83 Å². The van der Waals surface area contributed by atoms with Gasteiger partial charge in [-0.15, -0.1) is 11.3 Å². The van der Waals surface area contributed by atoms with E-state index in [1.807, 2.05) is 17.6 Å². The van der Waals surface area contributed by atoms with Crippen LogP contribution in [0.4, 0.5) is 0 Å². The largest absolute Gasteiger partial charge is 0.355 e. The minimum atomic E-state index is -0.0133. The van der Waals surface area contributed by atoms with E-state index in [1.165, 1.54) is 4.83 Å². The van der Waals surface area contributed by atoms with Crippen LogP contribution in [0.3, 0.4) is 0 Å². The van der Waals surface area contributed by atoms with Crippen LogP contribution in [0.2, 0.25) is 0 Å². The lowest BCUT2D eigenvalue weighted by atomic mass is 10.2. The molecule has 0 aliphatic rings. The quantitative estimate of drug-likeness (QED) is 0.805. The first kappa shape index (κ1) is 9.27. The molecular formula is C10H12N2OS. The molecule has 0 bridgehead atoms. The normalized spacial score (nSPS) is 10.7. The summed E-state index contributed by atoms with van der Waals surface area (Å²) < 4.78 is 2.10. The molecule has 0 aliphatic heterocycles. The number of carbonyl (C=O) groups is 1. The predicted octanol–water partition coefficient (Wildman–Crippen LogP) is 2.08. The number of aryl methyl sites for hydroxylation is 1. The van der Waals surface area contributed by atoms with Crippen molar-refractivity contribution in [1.82, 2.24) is 9.88 Å². The summed E-state index contributed by atoms with van der Waals surface area (Å²) in [5.41, 5.74) is 0.769. The number of nitrogens with one attached hydrogen (secondary N) is 1. The Balaban J connectivity index is 2.64. The van der Waals surface area contributed by atoms with Gasteiger partial charge in [0.2, 0.25) is 0 Å². The van der Waals surface area contributed by atoms with Gasteiger partial charge in [0.15, 0.2) is 0 Å². The lowest BCUT2D eigenvalue weighted by Crippen LogP contribution is -2.17. The Hall–Kier alpha value is -1.29. The number of hydrogen-bond acceptors (Lipinski definition) is 2. The Morgan fingerprint density at radius 1 is 1.64 bits per heavy atom. The standard InChI is InChI=1S/C10H12N2OS/c1-3-12-6-8(9(13)11-2)7-4-5-14-10(7)12/h4-6H,3H2,1-2H3,(H,11,13). The van der Waals surface area contributed by atoms with Crippen LogP contribution < -0.4 is 5.32 Å². The first-order chi connectivity index (χ1) is 6.77. The highest BCUT2D eigenvalue weighted by Gasteiger charge is 2.13. The number of rotatable bonds is 2. The first-order valence-electron chi connectivity index (χ1n) is 4.56. The van der Waals surface area contributed by atoms with Crippen LogP contribution in [0.25, 0.3) is 10.2 Å². The summed E-state index contributed by atoms with van der Waals surface area (Å²) in [6.07, 6.45) is 1.92. The molecule has 0 atom stereocenters. The Labute approximate surface area is 86.3 Å². The van der Waals surface area contributed by atoms with Crippen LogP contribution in [0.1, 0.15) is 17.3 Å². The number of nitrogens with zero attached hydrogens (tertiary/aromatic N) is 1. The zero-order chi connectivity index (χ0) is 10.1. The molecule has 14 heavy (non-hydrogen) atoms. The highest BCUT2D eigenvalue weighted by Crippen LogP contribution is 2.26. The van der Waals surface area contributed by atoms with Gasteiger partial charge in [-0.3, -0.25) is 4.79 Å². The molecular weight excluding hydrogens is 196 g/mol. The van der Waals surface area contributed by atoms with Crippen molar-refractivity contribution in [3.8, 4) is 0 Å². The Bertz CT molecular complexity index is 469. The van der Waals surface area contributed by atoms with Crippen LogP contribution >= 0.6 is 11.3 Å². The molecule has 0 radical (unpaired) electrons. The van der Waals surface area contributed by atoms with Crippen molar-refractivity contribution in [3.05, 3.63) is 23.2 Å². The second-order valence-corrected chi connectivity index (χ2v) is 3.94. The van der Waals surface area contributed by atoms with E-state index in [-0.39, 0.29) is 5.91 Å². The SMILES string of the molecule is CCn1cc(C(=O)NC)c2ccsc21. The van der Waals surface area contributed by atoms with E-state index in [0.29, 0.717) is 0 Å². The zero-order valence-corrected chi connectivity index (χ0v) is 9.02. The molecule has 4 heteroatoms. The van der Waals surface area contributed by atoms with Crippen molar-refractivity contribution in [1.29, 1.82) is 0 Å². The predicted molar refractivity (Wildman–Crippen MR) is 58.9 cm³/mol. The maximum absolute atomic E-state index is 11.5. The zero-order valence-electron chi connectivity index (χ0n) is 8.20. The van der Waals surface area contributed by atoms with E-state index in [9.17, 15) is 4.79 Å². The number of thiophene rings is 1. The summed E-state index contributed by atoms with van der Waals surface area (Å²) in [6, 6.07) is 2.00. The summed E-state index contributed by atoms with van der Waals surface area (Å²) in [5, 5.41) is 5.72. The molecule has 1 amide bonds. The number of fused-ring (bicyclic) bond motifs is 1. The monoisotopic (exact) mass is 208 g/mol. The third kappa shape index (κ3) is 1.23. The molecule has 2 aromatic rings. The lowest BCUT2D eigenvalue weighted by molar-refractivity contribution is 0.0964. The van der Waals surface area contributed by atoms with Gasteiger partial charge in [-0.25, -0.2) is 0 Å². The summed E-state index contributed by atoms with van der Waals surface area (Å²) in [7, 11) is 1.66. The van der Waals surface area contributed by atoms with Gasteiger partial charge in [0, 0.05) is 25.2 Å². The van der Waals surface area contributed by atoms with E-state index in [0.717, 1.165) is 17.5 Å². The molecule has 74 valence electrons. The van der Waals surface area contributed by atoms with E-state index >= 15 is 0 Å². The van der Waals surface area contributed by atoms with Crippen molar-refractivity contribution < 1.29 is 4.79 Å². The fraction of sp³-hybridized carbons (Fsp3) is 0.300. The van der Waals surface area contributed by atoms with E-state index in [4.69, 9.17) is 0 Å². The third-order valence-electron chi connectivity index (χ3n) is 2.29. The van der Waals surface area contributed by atoms with Crippen molar-refractivity contribution in [2.45, 2.75) is 13.5 Å². The maximum Gasteiger partial charge on any atom is 0.253 e. The maximum atomic E-state index is 11.5. The van der Waals surface area contributed by atoms with Gasteiger partial charge in [0.05, 0.1) is 5.56 Å². The summed E-state index contributed by atoms with van der Waals surface area (Å²) in [6.45, 7) is 2.97. The van der Waals surface area contributed by atoms with Crippen molar-refractivity contribution in [2.75, 3.05) is 7.05 Å². The molecule has 0 saturated heterocycles. The third-order valence-corrected chi connectivity index (χ3v) is 3.24. The molecule has 2 rings (SSSR count). The van der Waals surface area contributed by atoms with Crippen LogP contribution in [-0.2, 0) is 6.54 Å². The van der Waals surface area contributed by atoms with Crippen LogP contribution in [0.5, 0.6) is 0 Å². The molecule has 0 spiro atoms. The average molecular weight is 208 g/mol. The molecule has 3 nitrogen and oxygen atoms in total. The number of hydrogen-bond donors (Lipinski definition) is 1. The summed E-state index contributed by atoms with van der Waals surface area (Å²) in [4.78, 5) is 12.7. The number of carbonyl (C=O) groups excluding carboxylic acids is 1. The molecule has 0 unspecified atom stereocenters. The average Bonchev–Trinajstić information content (AvgIpc) is 2.76. The number of amides is 1. The van der Waals surface area contributed by atoms with Gasteiger partial charge in [-0.1, -0.05) is 0 Å². The van der Waals surface area contributed by atoms with Gasteiger partial charge >= 0.3 is 0 Å².